The van der Waals surface area contributed by atoms with Gasteiger partial charge in [0.15, 0.2) is 0 Å². The molecule has 0 aliphatic carbocycles. The summed E-state index contributed by atoms with van der Waals surface area (Å²) in [5.74, 6) is -0.588. The first-order chi connectivity index (χ1) is 10.9. The van der Waals surface area contributed by atoms with Gasteiger partial charge in [-0.2, -0.15) is 0 Å². The van der Waals surface area contributed by atoms with Gasteiger partial charge in [0.1, 0.15) is 16.9 Å². The monoisotopic (exact) mass is 328 g/mol. The quantitative estimate of drug-likeness (QED) is 0.755. The van der Waals surface area contributed by atoms with E-state index >= 15 is 0 Å². The molecule has 0 radical (unpaired) electrons. The first-order valence-electron chi connectivity index (χ1n) is 6.81. The summed E-state index contributed by atoms with van der Waals surface area (Å²) in [6.07, 6.45) is 0. The van der Waals surface area contributed by atoms with Crippen molar-refractivity contribution in [2.45, 2.75) is 6.92 Å². The first-order valence-corrected chi connectivity index (χ1v) is 7.19. The molecule has 0 aliphatic heterocycles. The summed E-state index contributed by atoms with van der Waals surface area (Å²) >= 11 is 5.99. The van der Waals surface area contributed by atoms with Crippen LogP contribution in [0, 0.1) is 6.92 Å². The van der Waals surface area contributed by atoms with Crippen molar-refractivity contribution >= 4 is 34.2 Å². The van der Waals surface area contributed by atoms with Crippen LogP contribution in [0.3, 0.4) is 0 Å². The van der Waals surface area contributed by atoms with Crippen molar-refractivity contribution in [1.82, 2.24) is 0 Å². The van der Waals surface area contributed by atoms with Crippen molar-refractivity contribution in [2.75, 3.05) is 0 Å². The maximum absolute atomic E-state index is 11.7. The summed E-state index contributed by atoms with van der Waals surface area (Å²) in [4.78, 5) is 16.0. The van der Waals surface area contributed by atoms with Crippen LogP contribution < -0.4 is 11.3 Å². The van der Waals surface area contributed by atoms with Crippen molar-refractivity contribution in [1.29, 1.82) is 0 Å². The highest BCUT2D eigenvalue weighted by molar-refractivity contribution is 6.31. The molecule has 0 aliphatic rings. The Morgan fingerprint density at radius 2 is 2.00 bits per heavy atom. The second-order valence-corrected chi connectivity index (χ2v) is 5.50. The van der Waals surface area contributed by atoms with Gasteiger partial charge in [-0.05, 0) is 48.9 Å². The number of benzene rings is 2. The van der Waals surface area contributed by atoms with E-state index in [1.54, 1.807) is 30.3 Å². The average Bonchev–Trinajstić information content (AvgIpc) is 2.50. The number of primary amides is 1. The van der Waals surface area contributed by atoms with Gasteiger partial charge in [-0.3, -0.25) is 4.79 Å². The van der Waals surface area contributed by atoms with Crippen LogP contribution in [0.15, 0.2) is 51.9 Å². The van der Waals surface area contributed by atoms with Crippen LogP contribution in [0.4, 0.5) is 5.69 Å². The molecule has 1 aromatic heterocycles. The van der Waals surface area contributed by atoms with Crippen LogP contribution >= 0.6 is 11.6 Å². The molecule has 0 saturated heterocycles. The molecule has 0 saturated carbocycles. The predicted octanol–water partition coefficient (Wildman–Crippen LogP) is 3.43. The molecule has 0 spiro atoms. The highest BCUT2D eigenvalue weighted by atomic mass is 35.5. The third-order valence-electron chi connectivity index (χ3n) is 3.37. The second kappa shape index (κ2) is 5.78. The predicted molar refractivity (Wildman–Crippen MR) is 87.8 cm³/mol. The van der Waals surface area contributed by atoms with Gasteiger partial charge in [0.2, 0.25) is 5.55 Å². The summed E-state index contributed by atoms with van der Waals surface area (Å²) in [6, 6.07) is 11.4. The summed E-state index contributed by atoms with van der Waals surface area (Å²) in [5, 5.41) is 10.8. The number of nitrogens with two attached hydrogens (primary N) is 1. The van der Waals surface area contributed by atoms with Crippen LogP contribution in [0.5, 0.6) is 5.75 Å². The van der Waals surface area contributed by atoms with Gasteiger partial charge in [-0.1, -0.05) is 11.6 Å². The fraction of sp³-hybridized carbons (Fsp3) is 0.0588. The van der Waals surface area contributed by atoms with E-state index in [1.165, 1.54) is 12.1 Å². The van der Waals surface area contributed by atoms with Gasteiger partial charge >= 0.3 is 0 Å². The SMILES string of the molecule is Cc1cc(N=c2oc3cc(O)ccc3cc2C(N)=O)ccc1Cl. The zero-order valence-corrected chi connectivity index (χ0v) is 13.0. The lowest BCUT2D eigenvalue weighted by Gasteiger charge is -2.03. The van der Waals surface area contributed by atoms with Crippen molar-refractivity contribution in [2.24, 2.45) is 10.7 Å². The lowest BCUT2D eigenvalue weighted by atomic mass is 10.1. The van der Waals surface area contributed by atoms with E-state index in [4.69, 9.17) is 21.8 Å². The fourth-order valence-corrected chi connectivity index (χ4v) is 2.30. The number of aryl methyl sites for hydroxylation is 1. The van der Waals surface area contributed by atoms with Gasteiger partial charge < -0.3 is 15.3 Å². The van der Waals surface area contributed by atoms with E-state index in [9.17, 15) is 9.90 Å². The number of hydrogen-bond donors (Lipinski definition) is 2. The summed E-state index contributed by atoms with van der Waals surface area (Å²) in [6.45, 7) is 1.85. The second-order valence-electron chi connectivity index (χ2n) is 5.10. The molecule has 0 unspecified atom stereocenters. The minimum Gasteiger partial charge on any atom is -0.508 e. The molecule has 23 heavy (non-hydrogen) atoms. The molecule has 3 aromatic rings. The number of amides is 1. The Hall–Kier alpha value is -2.79. The van der Waals surface area contributed by atoms with Crippen LogP contribution in [0.2, 0.25) is 5.02 Å². The molecular weight excluding hydrogens is 316 g/mol. The van der Waals surface area contributed by atoms with Crippen LogP contribution in [0.1, 0.15) is 15.9 Å². The molecule has 3 rings (SSSR count). The van der Waals surface area contributed by atoms with Crippen LogP contribution in [-0.2, 0) is 0 Å². The minimum absolute atomic E-state index is 0.0568. The smallest absolute Gasteiger partial charge is 0.254 e. The maximum atomic E-state index is 11.7. The number of fused-ring (bicyclic) bond motifs is 1. The number of phenols is 1. The fourth-order valence-electron chi connectivity index (χ4n) is 2.18. The van der Waals surface area contributed by atoms with E-state index in [1.807, 2.05) is 6.92 Å². The Morgan fingerprint density at radius 3 is 2.70 bits per heavy atom. The summed E-state index contributed by atoms with van der Waals surface area (Å²) < 4.78 is 5.65. The lowest BCUT2D eigenvalue weighted by Crippen LogP contribution is -2.21. The highest BCUT2D eigenvalue weighted by Gasteiger charge is 2.10. The Morgan fingerprint density at radius 1 is 1.22 bits per heavy atom. The standard InChI is InChI=1S/C17H13ClN2O3/c1-9-6-11(3-5-14(9)18)20-17-13(16(19)22)7-10-2-4-12(21)8-15(10)23-17/h2-8,21H,1H3,(H2,19,22). The van der Waals surface area contributed by atoms with E-state index < -0.39 is 5.91 Å². The van der Waals surface area contributed by atoms with E-state index in [2.05, 4.69) is 4.99 Å². The molecule has 0 bridgehead atoms. The number of phenolic OH excluding ortho intramolecular Hbond substituents is 1. The molecule has 3 N–H and O–H groups in total. The summed E-state index contributed by atoms with van der Waals surface area (Å²) in [7, 11) is 0. The number of aromatic hydroxyl groups is 1. The molecule has 116 valence electrons. The van der Waals surface area contributed by atoms with Gasteiger partial charge in [-0.15, -0.1) is 0 Å². The topological polar surface area (TPSA) is 88.8 Å². The molecule has 0 fully saturated rings. The number of carbonyl (C=O) groups is 1. The Balaban J connectivity index is 2.28. The minimum atomic E-state index is -0.645. The van der Waals surface area contributed by atoms with Crippen molar-refractivity contribution in [3.8, 4) is 5.75 Å². The lowest BCUT2D eigenvalue weighted by molar-refractivity contribution is 0.0996. The first kappa shape index (κ1) is 15.1. The van der Waals surface area contributed by atoms with Gasteiger partial charge in [0.25, 0.3) is 5.91 Å². The normalized spacial score (nSPS) is 11.8. The number of nitrogens with zero attached hydrogens (tertiary/aromatic N) is 1. The molecule has 1 amide bonds. The van der Waals surface area contributed by atoms with E-state index in [0.29, 0.717) is 21.7 Å². The molecule has 6 heteroatoms. The number of rotatable bonds is 2. The van der Waals surface area contributed by atoms with Crippen LogP contribution in [0.25, 0.3) is 11.0 Å². The molecule has 2 aromatic carbocycles. The molecule has 0 atom stereocenters. The Labute approximate surface area is 136 Å². The molecular formula is C17H13ClN2O3. The Kier molecular flexibility index (Phi) is 3.80. The zero-order valence-electron chi connectivity index (χ0n) is 12.2. The summed E-state index contributed by atoms with van der Waals surface area (Å²) in [5.41, 5.74) is 7.49. The molecule has 1 heterocycles. The number of halogens is 1. The largest absolute Gasteiger partial charge is 0.508 e. The third kappa shape index (κ3) is 3.05. The average molecular weight is 329 g/mol. The van der Waals surface area contributed by atoms with Crippen molar-refractivity contribution < 1.29 is 14.3 Å². The Bertz CT molecular complexity index is 993. The zero-order chi connectivity index (χ0) is 16.6. The highest BCUT2D eigenvalue weighted by Crippen LogP contribution is 2.22. The third-order valence-corrected chi connectivity index (χ3v) is 3.80. The number of hydrogen-bond acceptors (Lipinski definition) is 4. The van der Waals surface area contributed by atoms with Gasteiger partial charge in [0.05, 0.1) is 5.69 Å². The van der Waals surface area contributed by atoms with Crippen molar-refractivity contribution in [3.63, 3.8) is 0 Å². The van der Waals surface area contributed by atoms with Crippen molar-refractivity contribution in [3.05, 3.63) is 64.2 Å². The van der Waals surface area contributed by atoms with Gasteiger partial charge in [0, 0.05) is 16.5 Å². The van der Waals surface area contributed by atoms with E-state index in [0.717, 1.165) is 5.56 Å². The van der Waals surface area contributed by atoms with Gasteiger partial charge in [-0.25, -0.2) is 4.99 Å². The maximum Gasteiger partial charge on any atom is 0.254 e. The van der Waals surface area contributed by atoms with E-state index in [-0.39, 0.29) is 16.9 Å². The van der Waals surface area contributed by atoms with Crippen LogP contribution in [-0.4, -0.2) is 11.0 Å². The number of carbonyl (C=O) groups excluding carboxylic acids is 1. The molecule has 5 nitrogen and oxygen atoms in total.